The number of carbonyl (C=O) groups excluding carboxylic acids is 4. The third kappa shape index (κ3) is 7.49. The van der Waals surface area contributed by atoms with Crippen LogP contribution in [0.2, 0.25) is 0 Å². The monoisotopic (exact) mass is 689 g/mol. The van der Waals surface area contributed by atoms with E-state index in [1.165, 1.54) is 24.0 Å². The lowest BCUT2D eigenvalue weighted by atomic mass is 9.82. The van der Waals surface area contributed by atoms with Gasteiger partial charge >= 0.3 is 5.97 Å². The minimum absolute atomic E-state index is 0.158. The Kier molecular flexibility index (Phi) is 10.6. The fraction of sp³-hybridized carbons (Fsp3) is 0.342. The fourth-order valence-corrected chi connectivity index (χ4v) is 6.29. The highest BCUT2D eigenvalue weighted by Gasteiger charge is 2.44. The number of carbonyl (C=O) groups is 4. The quantitative estimate of drug-likeness (QED) is 0.115. The zero-order valence-electron chi connectivity index (χ0n) is 28.4. The highest BCUT2D eigenvalue weighted by atomic mass is 19.1. The molecule has 2 heterocycles. The van der Waals surface area contributed by atoms with Crippen molar-refractivity contribution in [1.29, 1.82) is 0 Å². The molecule has 9 nitrogen and oxygen atoms in total. The van der Waals surface area contributed by atoms with Crippen molar-refractivity contribution < 1.29 is 41.5 Å². The highest BCUT2D eigenvalue weighted by Crippen LogP contribution is 2.42. The second kappa shape index (κ2) is 14.7. The molecule has 0 N–H and O–H groups in total. The van der Waals surface area contributed by atoms with E-state index >= 15 is 4.39 Å². The molecule has 50 heavy (non-hydrogen) atoms. The Bertz CT molecular complexity index is 1870. The SMILES string of the molecule is CC(=O)O[C@@H](C)C(=O)N(CC[C@@H](CF)N1C(=O)c2ccccc2C1=O)[C@@H](c1nc(-c2cc(F)ccc2F)oc1Cc1ccccc1)C(C)(C)C. The topological polar surface area (TPSA) is 110 Å². The number of amides is 3. The first-order valence-corrected chi connectivity index (χ1v) is 16.2. The van der Waals surface area contributed by atoms with Gasteiger partial charge < -0.3 is 14.1 Å². The molecule has 3 atom stereocenters. The van der Waals surface area contributed by atoms with Crippen LogP contribution < -0.4 is 0 Å². The van der Waals surface area contributed by atoms with Gasteiger partial charge in [0.2, 0.25) is 5.89 Å². The molecular formula is C38H38F3N3O6. The molecule has 12 heteroatoms. The largest absolute Gasteiger partial charge is 0.453 e. The summed E-state index contributed by atoms with van der Waals surface area (Å²) in [4.78, 5) is 59.6. The predicted molar refractivity (Wildman–Crippen MR) is 178 cm³/mol. The number of fused-ring (bicyclic) bond motifs is 1. The third-order valence-electron chi connectivity index (χ3n) is 8.53. The number of benzene rings is 3. The van der Waals surface area contributed by atoms with E-state index in [-0.39, 0.29) is 53.4 Å². The van der Waals surface area contributed by atoms with E-state index in [4.69, 9.17) is 9.15 Å². The Labute approximate surface area is 288 Å². The lowest BCUT2D eigenvalue weighted by Gasteiger charge is -2.41. The molecule has 0 spiro atoms. The number of ether oxygens (including phenoxy) is 1. The summed E-state index contributed by atoms with van der Waals surface area (Å²) >= 11 is 0. The molecule has 0 saturated carbocycles. The van der Waals surface area contributed by atoms with Crippen LogP contribution in [0.1, 0.15) is 84.8 Å². The van der Waals surface area contributed by atoms with Crippen molar-refractivity contribution in [3.05, 3.63) is 113 Å². The zero-order valence-corrected chi connectivity index (χ0v) is 28.4. The minimum atomic E-state index is -1.29. The van der Waals surface area contributed by atoms with E-state index in [9.17, 15) is 28.0 Å². The van der Waals surface area contributed by atoms with Gasteiger partial charge in [-0.15, -0.1) is 0 Å². The van der Waals surface area contributed by atoms with Crippen LogP contribution in [-0.2, 0) is 20.7 Å². The molecule has 0 aliphatic carbocycles. The molecule has 0 bridgehead atoms. The van der Waals surface area contributed by atoms with Crippen molar-refractivity contribution in [2.45, 2.75) is 65.6 Å². The molecule has 0 unspecified atom stereocenters. The van der Waals surface area contributed by atoms with Crippen molar-refractivity contribution in [2.24, 2.45) is 5.41 Å². The van der Waals surface area contributed by atoms with E-state index < -0.39 is 65.6 Å². The molecule has 1 aromatic heterocycles. The van der Waals surface area contributed by atoms with E-state index in [2.05, 4.69) is 4.98 Å². The number of halogens is 3. The lowest BCUT2D eigenvalue weighted by molar-refractivity contribution is -0.160. The Morgan fingerprint density at radius 1 is 0.940 bits per heavy atom. The second-order valence-electron chi connectivity index (χ2n) is 13.3. The molecule has 0 saturated heterocycles. The van der Waals surface area contributed by atoms with Crippen LogP contribution in [0.25, 0.3) is 11.5 Å². The van der Waals surface area contributed by atoms with Crippen LogP contribution in [0.3, 0.4) is 0 Å². The first kappa shape index (κ1) is 36.0. The van der Waals surface area contributed by atoms with Gasteiger partial charge in [-0.3, -0.25) is 24.1 Å². The van der Waals surface area contributed by atoms with Gasteiger partial charge in [0.25, 0.3) is 17.7 Å². The summed E-state index contributed by atoms with van der Waals surface area (Å²) in [6.45, 7) is 6.74. The van der Waals surface area contributed by atoms with Crippen molar-refractivity contribution in [1.82, 2.24) is 14.8 Å². The zero-order chi connectivity index (χ0) is 36.3. The summed E-state index contributed by atoms with van der Waals surface area (Å²) < 4.78 is 55.6. The summed E-state index contributed by atoms with van der Waals surface area (Å²) in [6.07, 6.45) is -1.30. The van der Waals surface area contributed by atoms with E-state index in [1.807, 2.05) is 51.1 Å². The summed E-state index contributed by atoms with van der Waals surface area (Å²) in [5, 5.41) is 0. The number of imide groups is 1. The van der Waals surface area contributed by atoms with Gasteiger partial charge in [0, 0.05) is 19.9 Å². The Morgan fingerprint density at radius 3 is 2.14 bits per heavy atom. The number of oxazole rings is 1. The Balaban J connectivity index is 1.61. The molecule has 0 radical (unpaired) electrons. The van der Waals surface area contributed by atoms with Crippen LogP contribution in [0.15, 0.2) is 77.2 Å². The summed E-state index contributed by atoms with van der Waals surface area (Å²) in [5.41, 5.74) is 0.272. The Hall–Kier alpha value is -5.26. The van der Waals surface area contributed by atoms with E-state index in [1.54, 1.807) is 12.1 Å². The second-order valence-corrected chi connectivity index (χ2v) is 13.3. The van der Waals surface area contributed by atoms with Gasteiger partial charge in [0.1, 0.15) is 29.8 Å². The minimum Gasteiger partial charge on any atom is -0.453 e. The van der Waals surface area contributed by atoms with Crippen molar-refractivity contribution in [3.63, 3.8) is 0 Å². The Morgan fingerprint density at radius 2 is 1.56 bits per heavy atom. The van der Waals surface area contributed by atoms with Gasteiger partial charge in [-0.25, -0.2) is 18.2 Å². The molecule has 262 valence electrons. The molecule has 1 aliphatic heterocycles. The molecule has 4 aromatic rings. The number of aromatic nitrogens is 1. The molecule has 3 amide bonds. The van der Waals surface area contributed by atoms with Gasteiger partial charge in [-0.2, -0.15) is 0 Å². The molecular weight excluding hydrogens is 651 g/mol. The van der Waals surface area contributed by atoms with Crippen LogP contribution in [0.4, 0.5) is 13.2 Å². The number of rotatable bonds is 12. The van der Waals surface area contributed by atoms with E-state index in [0.717, 1.165) is 35.6 Å². The first-order chi connectivity index (χ1) is 23.7. The van der Waals surface area contributed by atoms with Gasteiger partial charge in [-0.1, -0.05) is 63.2 Å². The van der Waals surface area contributed by atoms with Gasteiger partial charge in [0.15, 0.2) is 6.10 Å². The maximum Gasteiger partial charge on any atom is 0.303 e. The maximum atomic E-state index is 15.1. The summed E-state index contributed by atoms with van der Waals surface area (Å²) in [5.74, 6) is -4.10. The van der Waals surface area contributed by atoms with Crippen LogP contribution >= 0.6 is 0 Å². The first-order valence-electron chi connectivity index (χ1n) is 16.2. The van der Waals surface area contributed by atoms with Crippen molar-refractivity contribution in [3.8, 4) is 11.5 Å². The van der Waals surface area contributed by atoms with Gasteiger partial charge in [-0.05, 0) is 54.7 Å². The molecule has 5 rings (SSSR count). The number of nitrogens with zero attached hydrogens (tertiary/aromatic N) is 3. The highest BCUT2D eigenvalue weighted by molar-refractivity contribution is 6.21. The molecule has 1 aliphatic rings. The normalized spacial score (nSPS) is 14.7. The maximum absolute atomic E-state index is 15.1. The van der Waals surface area contributed by atoms with Crippen LogP contribution in [0.5, 0.6) is 0 Å². The van der Waals surface area contributed by atoms with Crippen molar-refractivity contribution in [2.75, 3.05) is 13.2 Å². The third-order valence-corrected chi connectivity index (χ3v) is 8.53. The number of esters is 1. The van der Waals surface area contributed by atoms with Crippen LogP contribution in [-0.4, -0.2) is 63.8 Å². The number of alkyl halides is 1. The summed E-state index contributed by atoms with van der Waals surface area (Å²) in [7, 11) is 0. The van der Waals surface area contributed by atoms with E-state index in [0.29, 0.717) is 0 Å². The number of hydrogen-bond acceptors (Lipinski definition) is 7. The lowest BCUT2D eigenvalue weighted by Crippen LogP contribution is -2.49. The fourth-order valence-electron chi connectivity index (χ4n) is 6.29. The predicted octanol–water partition coefficient (Wildman–Crippen LogP) is 7.10. The number of hydrogen-bond donors (Lipinski definition) is 0. The average molecular weight is 690 g/mol. The molecule has 0 fully saturated rings. The summed E-state index contributed by atoms with van der Waals surface area (Å²) in [6, 6.07) is 16.1. The van der Waals surface area contributed by atoms with Crippen LogP contribution in [0, 0.1) is 17.0 Å². The smallest absolute Gasteiger partial charge is 0.303 e. The van der Waals surface area contributed by atoms with Crippen molar-refractivity contribution >= 4 is 23.7 Å². The standard InChI is InChI=1S/C38H38F3N3O6/c1-22(49-23(2)45)35(46)43(18-17-26(21-39)44-36(47)27-13-9-10-14-28(27)37(44)48)33(38(3,4)5)32-31(19-24-11-7-6-8-12-24)50-34(42-32)29-20-25(40)15-16-30(29)41/h6-16,20,22,26,33H,17-19,21H2,1-5H3/t22-,26-,33-/m0/s1. The average Bonchev–Trinajstić information content (AvgIpc) is 3.58. The molecule has 3 aromatic carbocycles. The van der Waals surface area contributed by atoms with Gasteiger partial charge in [0.05, 0.1) is 28.8 Å².